The molecule has 0 amide bonds. The normalized spacial score (nSPS) is 15.4. The summed E-state index contributed by atoms with van der Waals surface area (Å²) in [5.41, 5.74) is -0.336. The summed E-state index contributed by atoms with van der Waals surface area (Å²) in [5, 5.41) is 33.5. The summed E-state index contributed by atoms with van der Waals surface area (Å²) in [6.07, 6.45) is -0.298. The van der Waals surface area contributed by atoms with Crippen molar-refractivity contribution >= 4 is 5.69 Å². The Kier molecular flexibility index (Phi) is 6.70. The molecular formula is C14H22N2O5. The summed E-state index contributed by atoms with van der Waals surface area (Å²) in [4.78, 5) is 10.1. The molecule has 0 radical (unpaired) electrons. The van der Waals surface area contributed by atoms with Crippen LogP contribution in [0.25, 0.3) is 0 Å². The largest absolute Gasteiger partial charge is 0.389 e. The van der Waals surface area contributed by atoms with Gasteiger partial charge in [-0.1, -0.05) is 0 Å². The van der Waals surface area contributed by atoms with Crippen LogP contribution in [0.5, 0.6) is 0 Å². The van der Waals surface area contributed by atoms with Gasteiger partial charge in [0.05, 0.1) is 16.6 Å². The molecule has 3 N–H and O–H groups in total. The molecule has 21 heavy (non-hydrogen) atoms. The Morgan fingerprint density at radius 2 is 2.05 bits per heavy atom. The lowest BCUT2D eigenvalue weighted by Gasteiger charge is -2.24. The highest BCUT2D eigenvalue weighted by atomic mass is 16.6. The van der Waals surface area contributed by atoms with Crippen LogP contribution in [0, 0.1) is 10.1 Å². The number of ether oxygens (including phenoxy) is 1. The lowest BCUT2D eigenvalue weighted by atomic mass is 10.0. The minimum Gasteiger partial charge on any atom is -0.389 e. The van der Waals surface area contributed by atoms with E-state index < -0.39 is 16.6 Å². The first-order valence-corrected chi connectivity index (χ1v) is 6.70. The number of aliphatic hydroxyl groups excluding tert-OH is 1. The van der Waals surface area contributed by atoms with Crippen molar-refractivity contribution in [1.82, 2.24) is 5.32 Å². The monoisotopic (exact) mass is 298 g/mol. The van der Waals surface area contributed by atoms with Gasteiger partial charge in [-0.3, -0.25) is 10.1 Å². The van der Waals surface area contributed by atoms with Crippen molar-refractivity contribution in [3.8, 4) is 0 Å². The van der Waals surface area contributed by atoms with Gasteiger partial charge in [0, 0.05) is 45.4 Å². The van der Waals surface area contributed by atoms with Crippen molar-refractivity contribution in [2.75, 3.05) is 26.8 Å². The average Bonchev–Trinajstić information content (AvgIpc) is 2.45. The zero-order valence-corrected chi connectivity index (χ0v) is 12.3. The third-order valence-electron chi connectivity index (χ3n) is 3.18. The molecule has 1 aromatic rings. The molecule has 0 saturated heterocycles. The Morgan fingerprint density at radius 1 is 1.43 bits per heavy atom. The zero-order chi connectivity index (χ0) is 15.9. The van der Waals surface area contributed by atoms with Gasteiger partial charge in [-0.05, 0) is 24.6 Å². The number of benzene rings is 1. The second-order valence-electron chi connectivity index (χ2n) is 5.24. The van der Waals surface area contributed by atoms with E-state index in [4.69, 9.17) is 4.74 Å². The van der Waals surface area contributed by atoms with Crippen molar-refractivity contribution in [2.24, 2.45) is 0 Å². The minimum atomic E-state index is -0.912. The SMILES string of the molecule is COCCC(C)(O)CNCC(O)c1ccc([N+](=O)[O-])cc1. The van der Waals surface area contributed by atoms with Crippen LogP contribution in [0.3, 0.4) is 0 Å². The van der Waals surface area contributed by atoms with Crippen LogP contribution in [-0.4, -0.2) is 47.5 Å². The van der Waals surface area contributed by atoms with Gasteiger partial charge in [-0.25, -0.2) is 0 Å². The molecule has 1 aromatic carbocycles. The van der Waals surface area contributed by atoms with Gasteiger partial charge in [-0.2, -0.15) is 0 Å². The first-order chi connectivity index (χ1) is 9.85. The predicted octanol–water partition coefficient (Wildman–Crippen LogP) is 1.01. The number of hydrogen-bond donors (Lipinski definition) is 3. The highest BCUT2D eigenvalue weighted by molar-refractivity contribution is 5.33. The number of non-ortho nitro benzene ring substituents is 1. The summed E-state index contributed by atoms with van der Waals surface area (Å²) in [5.74, 6) is 0. The standard InChI is InChI=1S/C14H22N2O5/c1-14(18,7-8-21-2)10-15-9-13(17)11-3-5-12(6-4-11)16(19)20/h3-6,13,15,17-18H,7-10H2,1-2H3. The number of methoxy groups -OCH3 is 1. The molecule has 7 heteroatoms. The van der Waals surface area contributed by atoms with Crippen LogP contribution in [0.1, 0.15) is 25.0 Å². The lowest BCUT2D eigenvalue weighted by Crippen LogP contribution is -2.40. The van der Waals surface area contributed by atoms with Crippen LogP contribution in [0.15, 0.2) is 24.3 Å². The molecule has 2 unspecified atom stereocenters. The van der Waals surface area contributed by atoms with Gasteiger partial charge in [0.1, 0.15) is 0 Å². The molecule has 2 atom stereocenters. The Hall–Kier alpha value is -1.54. The molecule has 0 aliphatic rings. The molecule has 7 nitrogen and oxygen atoms in total. The Morgan fingerprint density at radius 3 is 2.57 bits per heavy atom. The van der Waals surface area contributed by atoms with Crippen molar-refractivity contribution in [2.45, 2.75) is 25.0 Å². The summed E-state index contributed by atoms with van der Waals surface area (Å²) in [7, 11) is 1.57. The van der Waals surface area contributed by atoms with E-state index in [2.05, 4.69) is 5.32 Å². The molecule has 118 valence electrons. The number of nitro groups is 1. The zero-order valence-electron chi connectivity index (χ0n) is 12.3. The Bertz CT molecular complexity index is 447. The van der Waals surface area contributed by atoms with Crippen molar-refractivity contribution in [3.63, 3.8) is 0 Å². The maximum absolute atomic E-state index is 10.5. The third-order valence-corrected chi connectivity index (χ3v) is 3.18. The molecule has 0 saturated carbocycles. The van der Waals surface area contributed by atoms with E-state index in [1.807, 2.05) is 0 Å². The van der Waals surface area contributed by atoms with Gasteiger partial charge >= 0.3 is 0 Å². The number of hydrogen-bond acceptors (Lipinski definition) is 6. The van der Waals surface area contributed by atoms with Gasteiger partial charge in [-0.15, -0.1) is 0 Å². The molecule has 1 rings (SSSR count). The second kappa shape index (κ2) is 8.04. The Balaban J connectivity index is 2.43. The molecule has 0 fully saturated rings. The average molecular weight is 298 g/mol. The quantitative estimate of drug-likeness (QED) is 0.464. The summed E-state index contributed by atoms with van der Waals surface area (Å²) in [6, 6.07) is 5.75. The van der Waals surface area contributed by atoms with Crippen molar-refractivity contribution < 1.29 is 19.9 Å². The van der Waals surface area contributed by atoms with E-state index in [9.17, 15) is 20.3 Å². The smallest absolute Gasteiger partial charge is 0.269 e. The summed E-state index contributed by atoms with van der Waals surface area (Å²) < 4.78 is 4.91. The fraction of sp³-hybridized carbons (Fsp3) is 0.571. The first-order valence-electron chi connectivity index (χ1n) is 6.70. The maximum Gasteiger partial charge on any atom is 0.269 e. The van der Waals surface area contributed by atoms with E-state index >= 15 is 0 Å². The van der Waals surface area contributed by atoms with Gasteiger partial charge in [0.25, 0.3) is 5.69 Å². The van der Waals surface area contributed by atoms with E-state index in [0.717, 1.165) is 0 Å². The summed E-state index contributed by atoms with van der Waals surface area (Å²) in [6.45, 7) is 2.72. The van der Waals surface area contributed by atoms with Crippen molar-refractivity contribution in [1.29, 1.82) is 0 Å². The molecule has 0 aliphatic heterocycles. The number of aliphatic hydroxyl groups is 2. The number of nitrogens with one attached hydrogen (secondary N) is 1. The molecule has 0 aromatic heterocycles. The molecule has 0 heterocycles. The lowest BCUT2D eigenvalue weighted by molar-refractivity contribution is -0.384. The Labute approximate surface area is 123 Å². The van der Waals surface area contributed by atoms with E-state index in [1.165, 1.54) is 24.3 Å². The molecular weight excluding hydrogens is 276 g/mol. The minimum absolute atomic E-state index is 0.0126. The first kappa shape index (κ1) is 17.5. The van der Waals surface area contributed by atoms with E-state index in [0.29, 0.717) is 25.1 Å². The highest BCUT2D eigenvalue weighted by Crippen LogP contribution is 2.17. The van der Waals surface area contributed by atoms with Crippen LogP contribution in [-0.2, 0) is 4.74 Å². The number of rotatable bonds is 9. The van der Waals surface area contributed by atoms with Crippen LogP contribution in [0.4, 0.5) is 5.69 Å². The van der Waals surface area contributed by atoms with Crippen molar-refractivity contribution in [3.05, 3.63) is 39.9 Å². The fourth-order valence-corrected chi connectivity index (χ4v) is 1.82. The van der Waals surface area contributed by atoms with E-state index in [-0.39, 0.29) is 12.2 Å². The molecule has 0 aliphatic carbocycles. The van der Waals surface area contributed by atoms with Gasteiger partial charge < -0.3 is 20.3 Å². The third kappa shape index (κ3) is 6.17. The van der Waals surface area contributed by atoms with E-state index in [1.54, 1.807) is 14.0 Å². The van der Waals surface area contributed by atoms with Gasteiger partial charge in [0.15, 0.2) is 0 Å². The van der Waals surface area contributed by atoms with Crippen LogP contribution >= 0.6 is 0 Å². The number of nitrogens with zero attached hydrogens (tertiary/aromatic N) is 1. The molecule has 0 bridgehead atoms. The predicted molar refractivity (Wildman–Crippen MR) is 78.0 cm³/mol. The maximum atomic E-state index is 10.5. The number of nitro benzene ring substituents is 1. The fourth-order valence-electron chi connectivity index (χ4n) is 1.82. The van der Waals surface area contributed by atoms with Crippen LogP contribution < -0.4 is 5.32 Å². The second-order valence-corrected chi connectivity index (χ2v) is 5.24. The topological polar surface area (TPSA) is 105 Å². The molecule has 0 spiro atoms. The highest BCUT2D eigenvalue weighted by Gasteiger charge is 2.20. The van der Waals surface area contributed by atoms with Gasteiger partial charge in [0.2, 0.25) is 0 Å². The summed E-state index contributed by atoms with van der Waals surface area (Å²) >= 11 is 0. The van der Waals surface area contributed by atoms with Crippen LogP contribution in [0.2, 0.25) is 0 Å².